The number of urea groups is 1. The Bertz CT molecular complexity index is 1240. The fourth-order valence-electron chi connectivity index (χ4n) is 4.60. The van der Waals surface area contributed by atoms with E-state index in [9.17, 15) is 14.0 Å². The van der Waals surface area contributed by atoms with Gasteiger partial charge in [-0.1, -0.05) is 25.1 Å². The summed E-state index contributed by atoms with van der Waals surface area (Å²) in [6.07, 6.45) is 0. The minimum Gasteiger partial charge on any atom is -0.369 e. The van der Waals surface area contributed by atoms with Crippen LogP contribution in [0.3, 0.4) is 0 Å². The maximum absolute atomic E-state index is 14.2. The predicted molar refractivity (Wildman–Crippen MR) is 137 cm³/mol. The molecule has 0 bridgehead atoms. The SMILES string of the molecule is CCN1CCN(c2ccc(F)cc2[C@@H](C)NC(=O)Nc2c(C)n(C)n(-c3ccccc3)c2=O)CC1. The van der Waals surface area contributed by atoms with Crippen LogP contribution in [0.25, 0.3) is 5.69 Å². The largest absolute Gasteiger partial charge is 0.369 e. The average Bonchev–Trinajstić information content (AvgIpc) is 3.07. The summed E-state index contributed by atoms with van der Waals surface area (Å²) in [5.41, 5.74) is 2.84. The number of piperazine rings is 1. The molecular formula is C26H33FN6O2. The zero-order chi connectivity index (χ0) is 25.1. The fourth-order valence-corrected chi connectivity index (χ4v) is 4.60. The van der Waals surface area contributed by atoms with Crippen molar-refractivity contribution in [1.29, 1.82) is 0 Å². The lowest BCUT2D eigenvalue weighted by Gasteiger charge is -2.37. The molecule has 1 atom stereocenters. The van der Waals surface area contributed by atoms with Crippen LogP contribution in [0.15, 0.2) is 53.3 Å². The van der Waals surface area contributed by atoms with E-state index < -0.39 is 12.1 Å². The summed E-state index contributed by atoms with van der Waals surface area (Å²) >= 11 is 0. The van der Waals surface area contributed by atoms with Crippen LogP contribution in [-0.4, -0.2) is 53.0 Å². The molecule has 0 unspecified atom stereocenters. The number of aromatic nitrogens is 2. The van der Waals surface area contributed by atoms with E-state index in [0.29, 0.717) is 16.9 Å². The fraction of sp³-hybridized carbons (Fsp3) is 0.385. The average molecular weight is 481 g/mol. The summed E-state index contributed by atoms with van der Waals surface area (Å²) in [5, 5.41) is 5.60. The van der Waals surface area contributed by atoms with Crippen LogP contribution in [0.4, 0.5) is 20.6 Å². The normalized spacial score (nSPS) is 15.2. The third-order valence-corrected chi connectivity index (χ3v) is 6.76. The summed E-state index contributed by atoms with van der Waals surface area (Å²) in [6, 6.07) is 13.0. The molecule has 1 saturated heterocycles. The minimum atomic E-state index is -0.519. The number of carbonyl (C=O) groups excluding carboxylic acids is 1. The third kappa shape index (κ3) is 5.09. The van der Waals surface area contributed by atoms with Crippen LogP contribution in [0, 0.1) is 12.7 Å². The summed E-state index contributed by atoms with van der Waals surface area (Å²) < 4.78 is 17.4. The highest BCUT2D eigenvalue weighted by molar-refractivity contribution is 5.90. The molecular weight excluding hydrogens is 447 g/mol. The zero-order valence-corrected chi connectivity index (χ0v) is 20.7. The number of para-hydroxylation sites is 1. The number of nitrogens with zero attached hydrogens (tertiary/aromatic N) is 4. The first kappa shape index (κ1) is 24.5. The number of halogens is 1. The number of amides is 2. The van der Waals surface area contributed by atoms with Crippen LogP contribution < -0.4 is 21.1 Å². The summed E-state index contributed by atoms with van der Waals surface area (Å²) in [6.45, 7) is 10.3. The number of likely N-dealkylation sites (N-methyl/N-ethyl adjacent to an activating group) is 1. The maximum Gasteiger partial charge on any atom is 0.319 e. The third-order valence-electron chi connectivity index (χ3n) is 6.76. The van der Waals surface area contributed by atoms with E-state index in [-0.39, 0.29) is 17.1 Å². The van der Waals surface area contributed by atoms with Crippen molar-refractivity contribution in [3.8, 4) is 5.69 Å². The molecule has 1 aliphatic rings. The van der Waals surface area contributed by atoms with Crippen LogP contribution in [-0.2, 0) is 7.05 Å². The molecule has 0 aliphatic carbocycles. The second-order valence-electron chi connectivity index (χ2n) is 8.88. The second-order valence-corrected chi connectivity index (χ2v) is 8.88. The van der Waals surface area contributed by atoms with E-state index in [1.165, 1.54) is 16.8 Å². The minimum absolute atomic E-state index is 0.205. The van der Waals surface area contributed by atoms with Gasteiger partial charge in [0.1, 0.15) is 11.5 Å². The van der Waals surface area contributed by atoms with Crippen LogP contribution in [0.1, 0.15) is 31.1 Å². The molecule has 1 aromatic heterocycles. The summed E-state index contributed by atoms with van der Waals surface area (Å²) in [4.78, 5) is 30.6. The van der Waals surface area contributed by atoms with Gasteiger partial charge in [-0.2, -0.15) is 0 Å². The number of nitrogens with one attached hydrogen (secondary N) is 2. The zero-order valence-electron chi connectivity index (χ0n) is 20.7. The Balaban J connectivity index is 1.52. The number of benzene rings is 2. The number of rotatable bonds is 6. The highest BCUT2D eigenvalue weighted by Gasteiger charge is 2.23. The van der Waals surface area contributed by atoms with Crippen LogP contribution in [0.5, 0.6) is 0 Å². The monoisotopic (exact) mass is 480 g/mol. The Morgan fingerprint density at radius 3 is 2.43 bits per heavy atom. The van der Waals surface area contributed by atoms with Crippen molar-refractivity contribution >= 4 is 17.4 Å². The highest BCUT2D eigenvalue weighted by Crippen LogP contribution is 2.28. The molecule has 9 heteroatoms. The summed E-state index contributed by atoms with van der Waals surface area (Å²) in [5.74, 6) is -0.352. The van der Waals surface area contributed by atoms with Crippen molar-refractivity contribution in [1.82, 2.24) is 19.6 Å². The van der Waals surface area contributed by atoms with Gasteiger partial charge in [0, 0.05) is 44.5 Å². The Morgan fingerprint density at radius 1 is 1.09 bits per heavy atom. The lowest BCUT2D eigenvalue weighted by Crippen LogP contribution is -2.46. The molecule has 0 saturated carbocycles. The Labute approximate surface area is 204 Å². The van der Waals surface area contributed by atoms with Gasteiger partial charge in [-0.05, 0) is 50.7 Å². The first-order valence-electron chi connectivity index (χ1n) is 12.0. The molecule has 1 aliphatic heterocycles. The second kappa shape index (κ2) is 10.4. The lowest BCUT2D eigenvalue weighted by atomic mass is 10.0. The molecule has 3 aromatic rings. The van der Waals surface area contributed by atoms with Crippen LogP contribution in [0.2, 0.25) is 0 Å². The molecule has 2 heterocycles. The lowest BCUT2D eigenvalue weighted by molar-refractivity contribution is 0.249. The van der Waals surface area contributed by atoms with Crippen molar-refractivity contribution in [3.05, 3.63) is 76.0 Å². The Hall–Kier alpha value is -3.59. The van der Waals surface area contributed by atoms with Gasteiger partial charge in [-0.25, -0.2) is 13.9 Å². The van der Waals surface area contributed by atoms with E-state index in [2.05, 4.69) is 27.4 Å². The number of anilines is 2. The molecule has 35 heavy (non-hydrogen) atoms. The van der Waals surface area contributed by atoms with E-state index in [1.807, 2.05) is 37.3 Å². The first-order valence-corrected chi connectivity index (χ1v) is 12.0. The van der Waals surface area contributed by atoms with Crippen molar-refractivity contribution < 1.29 is 9.18 Å². The summed E-state index contributed by atoms with van der Waals surface area (Å²) in [7, 11) is 1.77. The van der Waals surface area contributed by atoms with Crippen molar-refractivity contribution in [2.75, 3.05) is 42.9 Å². The molecule has 2 aromatic carbocycles. The molecule has 186 valence electrons. The maximum atomic E-state index is 14.2. The van der Waals surface area contributed by atoms with Crippen molar-refractivity contribution in [3.63, 3.8) is 0 Å². The van der Waals surface area contributed by atoms with Gasteiger partial charge in [-0.15, -0.1) is 0 Å². The number of hydrogen-bond donors (Lipinski definition) is 2. The Morgan fingerprint density at radius 2 is 1.77 bits per heavy atom. The van der Waals surface area contributed by atoms with Gasteiger partial charge in [0.15, 0.2) is 0 Å². The number of hydrogen-bond acceptors (Lipinski definition) is 4. The smallest absolute Gasteiger partial charge is 0.319 e. The van der Waals surface area contributed by atoms with Gasteiger partial charge in [0.05, 0.1) is 17.4 Å². The van der Waals surface area contributed by atoms with Gasteiger partial charge < -0.3 is 20.4 Å². The number of carbonyl (C=O) groups is 1. The van der Waals surface area contributed by atoms with E-state index >= 15 is 0 Å². The van der Waals surface area contributed by atoms with E-state index in [0.717, 1.165) is 38.4 Å². The first-order chi connectivity index (χ1) is 16.8. The van der Waals surface area contributed by atoms with Crippen LogP contribution >= 0.6 is 0 Å². The molecule has 4 rings (SSSR count). The quantitative estimate of drug-likeness (QED) is 0.565. The molecule has 8 nitrogen and oxygen atoms in total. The molecule has 2 N–H and O–H groups in total. The molecule has 2 amide bonds. The Kier molecular flexibility index (Phi) is 7.25. The highest BCUT2D eigenvalue weighted by atomic mass is 19.1. The van der Waals surface area contributed by atoms with Gasteiger partial charge in [0.2, 0.25) is 0 Å². The van der Waals surface area contributed by atoms with E-state index in [1.54, 1.807) is 24.7 Å². The van der Waals surface area contributed by atoms with Crippen molar-refractivity contribution in [2.24, 2.45) is 7.05 Å². The molecule has 0 radical (unpaired) electrons. The van der Waals surface area contributed by atoms with E-state index in [4.69, 9.17) is 0 Å². The van der Waals surface area contributed by atoms with Gasteiger partial charge in [0.25, 0.3) is 5.56 Å². The van der Waals surface area contributed by atoms with Gasteiger partial charge in [-0.3, -0.25) is 9.48 Å². The standard InChI is InChI=1S/C26H33FN6O2/c1-5-31-13-15-32(16-14-31)23-12-11-20(27)17-22(23)18(2)28-26(35)29-24-19(3)30(4)33(25(24)34)21-9-7-6-8-10-21/h6-12,17-18H,5,13-16H2,1-4H3,(H2,28,29,35)/t18-/m1/s1. The van der Waals surface area contributed by atoms with Gasteiger partial charge >= 0.3 is 6.03 Å². The topological polar surface area (TPSA) is 74.5 Å². The molecule has 1 fully saturated rings. The predicted octanol–water partition coefficient (Wildman–Crippen LogP) is 3.65. The van der Waals surface area contributed by atoms with Crippen molar-refractivity contribution in [2.45, 2.75) is 26.8 Å². The molecule has 0 spiro atoms.